The molecule has 1 aliphatic carbocycles. The van der Waals surface area contributed by atoms with Gasteiger partial charge in [0.05, 0.1) is 7.11 Å². The summed E-state index contributed by atoms with van der Waals surface area (Å²) in [5.74, 6) is 1.58. The highest BCUT2D eigenvalue weighted by Crippen LogP contribution is 2.38. The van der Waals surface area contributed by atoms with E-state index in [1.807, 2.05) is 6.07 Å². The normalized spacial score (nSPS) is 17.0. The first-order valence-electron chi connectivity index (χ1n) is 6.18. The van der Waals surface area contributed by atoms with Gasteiger partial charge in [0.15, 0.2) is 0 Å². The summed E-state index contributed by atoms with van der Waals surface area (Å²) in [5.41, 5.74) is 2.95. The van der Waals surface area contributed by atoms with Crippen molar-refractivity contribution in [2.45, 2.75) is 38.5 Å². The van der Waals surface area contributed by atoms with Gasteiger partial charge in [0.25, 0.3) is 0 Å². The maximum absolute atomic E-state index is 5.46. The molecular weight excluding hydrogens is 196 g/mol. The fourth-order valence-corrected chi connectivity index (χ4v) is 2.65. The quantitative estimate of drug-likeness (QED) is 0.682. The lowest BCUT2D eigenvalue weighted by Gasteiger charge is -2.19. The van der Waals surface area contributed by atoms with Gasteiger partial charge in [-0.25, -0.2) is 0 Å². The summed E-state index contributed by atoms with van der Waals surface area (Å²) >= 11 is 0. The third-order valence-electron chi connectivity index (χ3n) is 3.45. The molecule has 0 radical (unpaired) electrons. The number of ether oxygens (including phenoxy) is 1. The van der Waals surface area contributed by atoms with Crippen LogP contribution in [0.1, 0.15) is 44.1 Å². The highest BCUT2D eigenvalue weighted by atomic mass is 16.5. The Labute approximate surface area is 98.1 Å². The van der Waals surface area contributed by atoms with Crippen molar-refractivity contribution in [3.8, 4) is 5.75 Å². The minimum atomic E-state index is 0.554. The molecule has 1 nitrogen and oxygen atoms in total. The van der Waals surface area contributed by atoms with Gasteiger partial charge in [-0.2, -0.15) is 0 Å². The Hall–Kier alpha value is -1.24. The first kappa shape index (κ1) is 11.3. The largest absolute Gasteiger partial charge is 0.496 e. The van der Waals surface area contributed by atoms with Crippen LogP contribution in [0.2, 0.25) is 0 Å². The zero-order valence-electron chi connectivity index (χ0n) is 10.2. The number of allylic oxidation sites excluding steroid dienone is 2. The third-order valence-corrected chi connectivity index (χ3v) is 3.45. The highest BCUT2D eigenvalue weighted by Gasteiger charge is 2.19. The molecule has 1 aromatic carbocycles. The molecule has 1 atom stereocenters. The number of para-hydroxylation sites is 1. The van der Waals surface area contributed by atoms with E-state index in [2.05, 4.69) is 31.2 Å². The van der Waals surface area contributed by atoms with Gasteiger partial charge >= 0.3 is 0 Å². The zero-order chi connectivity index (χ0) is 11.4. The van der Waals surface area contributed by atoms with Crippen molar-refractivity contribution in [3.63, 3.8) is 0 Å². The van der Waals surface area contributed by atoms with Crippen molar-refractivity contribution in [2.24, 2.45) is 0 Å². The minimum Gasteiger partial charge on any atom is -0.496 e. The smallest absolute Gasteiger partial charge is 0.122 e. The van der Waals surface area contributed by atoms with Gasteiger partial charge in [0.1, 0.15) is 5.75 Å². The molecule has 1 aliphatic rings. The van der Waals surface area contributed by atoms with Crippen molar-refractivity contribution in [1.29, 1.82) is 0 Å². The molecule has 0 fully saturated rings. The SMILES string of the molecule is CC[C@@H](C1=CCCC1)c1ccccc1OC. The van der Waals surface area contributed by atoms with Crippen LogP contribution in [0.25, 0.3) is 0 Å². The molecule has 1 aromatic rings. The number of rotatable bonds is 4. The molecule has 1 heteroatoms. The molecule has 0 aromatic heterocycles. The lowest BCUT2D eigenvalue weighted by molar-refractivity contribution is 0.406. The van der Waals surface area contributed by atoms with Crippen LogP contribution in [-0.2, 0) is 0 Å². The molecule has 86 valence electrons. The molecule has 0 heterocycles. The van der Waals surface area contributed by atoms with E-state index in [1.54, 1.807) is 12.7 Å². The van der Waals surface area contributed by atoms with Crippen LogP contribution < -0.4 is 4.74 Å². The molecule has 0 unspecified atom stereocenters. The summed E-state index contributed by atoms with van der Waals surface area (Å²) < 4.78 is 5.46. The highest BCUT2D eigenvalue weighted by molar-refractivity contribution is 5.41. The molecule has 0 amide bonds. The predicted molar refractivity (Wildman–Crippen MR) is 68.0 cm³/mol. The number of hydrogen-bond donors (Lipinski definition) is 0. The van der Waals surface area contributed by atoms with Crippen LogP contribution in [0, 0.1) is 0 Å². The maximum atomic E-state index is 5.46. The average Bonchev–Trinajstić information content (AvgIpc) is 2.84. The summed E-state index contributed by atoms with van der Waals surface area (Å²) in [4.78, 5) is 0. The van der Waals surface area contributed by atoms with Gasteiger partial charge < -0.3 is 4.74 Å². The molecule has 0 spiro atoms. The zero-order valence-corrected chi connectivity index (χ0v) is 10.2. The van der Waals surface area contributed by atoms with Crippen molar-refractivity contribution < 1.29 is 4.74 Å². The van der Waals surface area contributed by atoms with E-state index >= 15 is 0 Å². The van der Waals surface area contributed by atoms with E-state index in [1.165, 1.54) is 24.8 Å². The molecule has 0 saturated carbocycles. The topological polar surface area (TPSA) is 9.23 Å². The van der Waals surface area contributed by atoms with Crippen LogP contribution in [0.3, 0.4) is 0 Å². The third kappa shape index (κ3) is 2.13. The minimum absolute atomic E-state index is 0.554. The van der Waals surface area contributed by atoms with E-state index in [9.17, 15) is 0 Å². The van der Waals surface area contributed by atoms with Gasteiger partial charge in [-0.15, -0.1) is 0 Å². The lowest BCUT2D eigenvalue weighted by Crippen LogP contribution is -2.02. The Kier molecular flexibility index (Phi) is 3.66. The molecule has 0 aliphatic heterocycles. The first-order valence-corrected chi connectivity index (χ1v) is 6.18. The van der Waals surface area contributed by atoms with Crippen LogP contribution in [0.5, 0.6) is 5.75 Å². The Morgan fingerprint density at radius 1 is 1.31 bits per heavy atom. The van der Waals surface area contributed by atoms with E-state index < -0.39 is 0 Å². The molecule has 0 N–H and O–H groups in total. The molecule has 2 rings (SSSR count). The van der Waals surface area contributed by atoms with Gasteiger partial charge in [0, 0.05) is 11.5 Å². The van der Waals surface area contributed by atoms with E-state index in [4.69, 9.17) is 4.74 Å². The van der Waals surface area contributed by atoms with Crippen molar-refractivity contribution in [2.75, 3.05) is 7.11 Å². The number of methoxy groups -OCH3 is 1. The van der Waals surface area contributed by atoms with Crippen LogP contribution in [-0.4, -0.2) is 7.11 Å². The standard InChI is InChI=1S/C15H20O/c1-3-13(12-8-4-5-9-12)14-10-6-7-11-15(14)16-2/h6-8,10-11,13H,3-5,9H2,1-2H3/t13-/m0/s1. The second-order valence-electron chi connectivity index (χ2n) is 4.37. The van der Waals surface area contributed by atoms with E-state index in [0.717, 1.165) is 12.2 Å². The molecule has 16 heavy (non-hydrogen) atoms. The summed E-state index contributed by atoms with van der Waals surface area (Å²) in [6.45, 7) is 2.26. The molecule has 0 saturated heterocycles. The Balaban J connectivity index is 2.32. The van der Waals surface area contributed by atoms with E-state index in [0.29, 0.717) is 5.92 Å². The summed E-state index contributed by atoms with van der Waals surface area (Å²) in [5, 5.41) is 0. The van der Waals surface area contributed by atoms with Crippen LogP contribution in [0.4, 0.5) is 0 Å². The lowest BCUT2D eigenvalue weighted by atomic mass is 9.88. The van der Waals surface area contributed by atoms with Gasteiger partial charge in [-0.05, 0) is 31.7 Å². The monoisotopic (exact) mass is 216 g/mol. The van der Waals surface area contributed by atoms with Crippen LogP contribution in [0.15, 0.2) is 35.9 Å². The van der Waals surface area contributed by atoms with Crippen molar-refractivity contribution in [1.82, 2.24) is 0 Å². The Bertz CT molecular complexity index is 379. The summed E-state index contributed by atoms with van der Waals surface area (Å²) in [7, 11) is 1.76. The van der Waals surface area contributed by atoms with Crippen molar-refractivity contribution in [3.05, 3.63) is 41.5 Å². The van der Waals surface area contributed by atoms with Gasteiger partial charge in [-0.1, -0.05) is 36.8 Å². The van der Waals surface area contributed by atoms with Gasteiger partial charge in [0.2, 0.25) is 0 Å². The van der Waals surface area contributed by atoms with Crippen LogP contribution >= 0.6 is 0 Å². The fraction of sp³-hybridized carbons (Fsp3) is 0.467. The maximum Gasteiger partial charge on any atom is 0.122 e. The van der Waals surface area contributed by atoms with E-state index in [-0.39, 0.29) is 0 Å². The number of benzene rings is 1. The molecule has 0 bridgehead atoms. The average molecular weight is 216 g/mol. The van der Waals surface area contributed by atoms with Gasteiger partial charge in [-0.3, -0.25) is 0 Å². The Morgan fingerprint density at radius 2 is 2.12 bits per heavy atom. The summed E-state index contributed by atoms with van der Waals surface area (Å²) in [6, 6.07) is 8.41. The fourth-order valence-electron chi connectivity index (χ4n) is 2.65. The summed E-state index contributed by atoms with van der Waals surface area (Å²) in [6.07, 6.45) is 7.41. The Morgan fingerprint density at radius 3 is 2.75 bits per heavy atom. The van der Waals surface area contributed by atoms with Crippen molar-refractivity contribution >= 4 is 0 Å². The number of hydrogen-bond acceptors (Lipinski definition) is 1. The second kappa shape index (κ2) is 5.20. The first-order chi connectivity index (χ1) is 7.86. The second-order valence-corrected chi connectivity index (χ2v) is 4.37. The molecular formula is C15H20O. The predicted octanol–water partition coefficient (Wildman–Crippen LogP) is 4.30.